The Morgan fingerprint density at radius 3 is 2.41 bits per heavy atom. The normalized spacial score (nSPS) is 12.7. The molecule has 0 saturated carbocycles. The number of hydrogen-bond acceptors (Lipinski definition) is 3. The van der Waals surface area contributed by atoms with Crippen LogP contribution in [0.1, 0.15) is 24.3 Å². The van der Waals surface area contributed by atoms with Crippen LogP contribution in [0.25, 0.3) is 0 Å². The second-order valence-electron chi connectivity index (χ2n) is 4.09. The summed E-state index contributed by atoms with van der Waals surface area (Å²) in [6.45, 7) is 3.76. The van der Waals surface area contributed by atoms with Gasteiger partial charge in [0.05, 0.1) is 16.8 Å². The molecule has 0 radical (unpaired) electrons. The van der Waals surface area contributed by atoms with Crippen LogP contribution in [0.2, 0.25) is 0 Å². The predicted octanol–water partition coefficient (Wildman–Crippen LogP) is 2.93. The molecule has 2 rings (SSSR count). The number of aryl methyl sites for hydroxylation is 2. The van der Waals surface area contributed by atoms with Gasteiger partial charge in [-0.15, -0.1) is 0 Å². The van der Waals surface area contributed by atoms with Gasteiger partial charge >= 0.3 is 0 Å². The van der Waals surface area contributed by atoms with Crippen molar-refractivity contribution in [1.29, 1.82) is 0 Å². The molecule has 0 aliphatic heterocycles. The van der Waals surface area contributed by atoms with Gasteiger partial charge in [0.1, 0.15) is 0 Å². The Bertz CT molecular complexity index is 503. The summed E-state index contributed by atoms with van der Waals surface area (Å²) in [6, 6.07) is 10.0. The zero-order valence-corrected chi connectivity index (χ0v) is 11.0. The summed E-state index contributed by atoms with van der Waals surface area (Å²) in [5.74, 6) is 0. The maximum Gasteiger partial charge on any atom is 0.0986 e. The lowest BCUT2D eigenvalue weighted by Crippen LogP contribution is -1.92. The fraction of sp³-hybridized carbons (Fsp3) is 0.308. The van der Waals surface area contributed by atoms with Crippen LogP contribution in [0.4, 0.5) is 0 Å². The van der Waals surface area contributed by atoms with Crippen molar-refractivity contribution >= 4 is 11.8 Å². The summed E-state index contributed by atoms with van der Waals surface area (Å²) in [7, 11) is 1.94. The highest BCUT2D eigenvalue weighted by Gasteiger charge is 2.05. The molecule has 3 nitrogen and oxygen atoms in total. The Labute approximate surface area is 105 Å². The minimum absolute atomic E-state index is 0.409. The molecule has 0 amide bonds. The maximum atomic E-state index is 9.43. The average molecular weight is 248 g/mol. The molecule has 90 valence electrons. The first-order chi connectivity index (χ1) is 8.06. The standard InChI is InChI=1S/C13H16N2OS/c1-9-8-13(15(3)14-9)17-12-6-4-11(5-7-12)10(2)16/h4-8,10,16H,1-3H3/t10-/m0/s1. The highest BCUT2D eigenvalue weighted by atomic mass is 32.2. The molecule has 1 aromatic carbocycles. The molecule has 1 aromatic heterocycles. The second kappa shape index (κ2) is 4.94. The van der Waals surface area contributed by atoms with Gasteiger partial charge in [0, 0.05) is 11.9 Å². The summed E-state index contributed by atoms with van der Waals surface area (Å²) in [4.78, 5) is 1.15. The minimum atomic E-state index is -0.409. The highest BCUT2D eigenvalue weighted by molar-refractivity contribution is 7.99. The Morgan fingerprint density at radius 1 is 1.29 bits per heavy atom. The molecule has 0 unspecified atom stereocenters. The molecular formula is C13H16N2OS. The first-order valence-electron chi connectivity index (χ1n) is 5.53. The lowest BCUT2D eigenvalue weighted by Gasteiger charge is -2.06. The number of aliphatic hydroxyl groups excluding tert-OH is 1. The molecule has 1 atom stereocenters. The van der Waals surface area contributed by atoms with Crippen LogP contribution in [-0.2, 0) is 7.05 Å². The first kappa shape index (κ1) is 12.2. The Balaban J connectivity index is 2.16. The van der Waals surface area contributed by atoms with E-state index in [9.17, 15) is 5.11 Å². The van der Waals surface area contributed by atoms with Crippen molar-refractivity contribution in [2.75, 3.05) is 0 Å². The SMILES string of the molecule is Cc1cc(Sc2ccc([C@H](C)O)cc2)n(C)n1. The number of benzene rings is 1. The number of hydrogen-bond donors (Lipinski definition) is 1. The Kier molecular flexibility index (Phi) is 3.54. The van der Waals surface area contributed by atoms with Gasteiger partial charge in [-0.25, -0.2) is 0 Å². The van der Waals surface area contributed by atoms with Gasteiger partial charge in [0.2, 0.25) is 0 Å². The Morgan fingerprint density at radius 2 is 1.94 bits per heavy atom. The van der Waals surface area contributed by atoms with Gasteiger partial charge in [-0.1, -0.05) is 23.9 Å². The topological polar surface area (TPSA) is 38.0 Å². The predicted molar refractivity (Wildman–Crippen MR) is 69.1 cm³/mol. The molecule has 17 heavy (non-hydrogen) atoms. The van der Waals surface area contributed by atoms with Crippen LogP contribution in [0, 0.1) is 6.92 Å². The van der Waals surface area contributed by atoms with Gasteiger partial charge < -0.3 is 5.11 Å². The quantitative estimate of drug-likeness (QED) is 0.907. The van der Waals surface area contributed by atoms with Gasteiger partial charge in [-0.3, -0.25) is 4.68 Å². The third kappa shape index (κ3) is 2.90. The zero-order chi connectivity index (χ0) is 12.4. The molecular weight excluding hydrogens is 232 g/mol. The smallest absolute Gasteiger partial charge is 0.0986 e. The zero-order valence-electron chi connectivity index (χ0n) is 10.2. The van der Waals surface area contributed by atoms with Crippen molar-refractivity contribution in [2.45, 2.75) is 29.9 Å². The van der Waals surface area contributed by atoms with Crippen LogP contribution < -0.4 is 0 Å². The monoisotopic (exact) mass is 248 g/mol. The van der Waals surface area contributed by atoms with Crippen LogP contribution >= 0.6 is 11.8 Å². The molecule has 0 fully saturated rings. The second-order valence-corrected chi connectivity index (χ2v) is 5.19. The molecule has 0 saturated heterocycles. The van der Waals surface area contributed by atoms with E-state index in [-0.39, 0.29) is 0 Å². The van der Waals surface area contributed by atoms with E-state index in [0.717, 1.165) is 21.2 Å². The third-order valence-electron chi connectivity index (χ3n) is 2.54. The van der Waals surface area contributed by atoms with Gasteiger partial charge in [-0.2, -0.15) is 5.10 Å². The van der Waals surface area contributed by atoms with E-state index in [1.165, 1.54) is 0 Å². The summed E-state index contributed by atoms with van der Waals surface area (Å²) < 4.78 is 1.88. The van der Waals surface area contributed by atoms with E-state index in [0.29, 0.717) is 0 Å². The van der Waals surface area contributed by atoms with Crippen LogP contribution in [-0.4, -0.2) is 14.9 Å². The van der Waals surface area contributed by atoms with E-state index in [4.69, 9.17) is 0 Å². The van der Waals surface area contributed by atoms with Crippen molar-refractivity contribution in [2.24, 2.45) is 7.05 Å². The largest absolute Gasteiger partial charge is 0.389 e. The third-order valence-corrected chi connectivity index (χ3v) is 3.64. The Hall–Kier alpha value is -1.26. The van der Waals surface area contributed by atoms with Crippen molar-refractivity contribution in [3.05, 3.63) is 41.6 Å². The average Bonchev–Trinajstić information content (AvgIpc) is 2.58. The van der Waals surface area contributed by atoms with Crippen molar-refractivity contribution in [3.8, 4) is 0 Å². The van der Waals surface area contributed by atoms with Gasteiger partial charge in [-0.05, 0) is 37.6 Å². The van der Waals surface area contributed by atoms with E-state index in [2.05, 4.69) is 11.2 Å². The fourth-order valence-corrected chi connectivity index (χ4v) is 2.53. The van der Waals surface area contributed by atoms with Crippen LogP contribution in [0.3, 0.4) is 0 Å². The van der Waals surface area contributed by atoms with E-state index in [1.807, 2.05) is 42.9 Å². The van der Waals surface area contributed by atoms with Crippen molar-refractivity contribution in [3.63, 3.8) is 0 Å². The van der Waals surface area contributed by atoms with Gasteiger partial charge in [0.25, 0.3) is 0 Å². The van der Waals surface area contributed by atoms with Crippen molar-refractivity contribution in [1.82, 2.24) is 9.78 Å². The molecule has 4 heteroatoms. The highest BCUT2D eigenvalue weighted by Crippen LogP contribution is 2.28. The summed E-state index contributed by atoms with van der Waals surface area (Å²) >= 11 is 1.67. The lowest BCUT2D eigenvalue weighted by atomic mass is 10.1. The number of aliphatic hydroxyl groups is 1. The fourth-order valence-electron chi connectivity index (χ4n) is 1.62. The molecule has 2 aromatic rings. The number of nitrogens with zero attached hydrogens (tertiary/aromatic N) is 2. The first-order valence-corrected chi connectivity index (χ1v) is 6.34. The minimum Gasteiger partial charge on any atom is -0.389 e. The summed E-state index contributed by atoms with van der Waals surface area (Å²) in [6.07, 6.45) is -0.409. The summed E-state index contributed by atoms with van der Waals surface area (Å²) in [5.41, 5.74) is 1.96. The number of rotatable bonds is 3. The van der Waals surface area contributed by atoms with Gasteiger partial charge in [0.15, 0.2) is 0 Å². The van der Waals surface area contributed by atoms with E-state index >= 15 is 0 Å². The maximum absolute atomic E-state index is 9.43. The summed E-state index contributed by atoms with van der Waals surface area (Å²) in [5, 5.41) is 14.9. The molecule has 0 aliphatic rings. The molecule has 0 spiro atoms. The molecule has 1 heterocycles. The molecule has 0 aliphatic carbocycles. The molecule has 1 N–H and O–H groups in total. The van der Waals surface area contributed by atoms with Crippen molar-refractivity contribution < 1.29 is 5.11 Å². The van der Waals surface area contributed by atoms with E-state index in [1.54, 1.807) is 18.7 Å². The van der Waals surface area contributed by atoms with Crippen LogP contribution in [0.15, 0.2) is 40.3 Å². The van der Waals surface area contributed by atoms with E-state index < -0.39 is 6.10 Å². The number of aromatic nitrogens is 2. The lowest BCUT2D eigenvalue weighted by molar-refractivity contribution is 0.199. The molecule has 0 bridgehead atoms. The van der Waals surface area contributed by atoms with Crippen LogP contribution in [0.5, 0.6) is 0 Å².